The van der Waals surface area contributed by atoms with Crippen LogP contribution in [0.5, 0.6) is 0 Å². The summed E-state index contributed by atoms with van der Waals surface area (Å²) in [5.41, 5.74) is 3.66. The number of carbonyl (C=O) groups excluding carboxylic acids is 1. The number of amides is 1. The van der Waals surface area contributed by atoms with Crippen LogP contribution in [-0.2, 0) is 11.2 Å². The monoisotopic (exact) mass is 345 g/mol. The number of fused-ring (bicyclic) bond motifs is 2. The van der Waals surface area contributed by atoms with Gasteiger partial charge in [0.05, 0.1) is 12.3 Å². The summed E-state index contributed by atoms with van der Waals surface area (Å²) in [5, 5.41) is 5.00. The summed E-state index contributed by atoms with van der Waals surface area (Å²) in [6.45, 7) is 0.440. The fraction of sp³-hybridized carbons (Fsp3) is 0.261. The summed E-state index contributed by atoms with van der Waals surface area (Å²) < 4.78 is 5.46. The van der Waals surface area contributed by atoms with Gasteiger partial charge in [0.25, 0.3) is 0 Å². The highest BCUT2D eigenvalue weighted by Crippen LogP contribution is 2.33. The molecule has 1 aliphatic rings. The zero-order chi connectivity index (χ0) is 17.8. The van der Waals surface area contributed by atoms with Crippen molar-refractivity contribution in [1.29, 1.82) is 0 Å². The lowest BCUT2D eigenvalue weighted by molar-refractivity contribution is 0.156. The van der Waals surface area contributed by atoms with Crippen molar-refractivity contribution in [3.63, 3.8) is 0 Å². The smallest absolute Gasteiger partial charge is 0.411 e. The van der Waals surface area contributed by atoms with Crippen LogP contribution in [0.3, 0.4) is 0 Å². The fourth-order valence-electron chi connectivity index (χ4n) is 3.93. The van der Waals surface area contributed by atoms with Crippen LogP contribution < -0.4 is 5.32 Å². The molecule has 0 saturated heterocycles. The van der Waals surface area contributed by atoms with E-state index in [1.807, 2.05) is 42.5 Å². The van der Waals surface area contributed by atoms with E-state index >= 15 is 0 Å². The minimum Gasteiger partial charge on any atom is -0.449 e. The molecule has 132 valence electrons. The van der Waals surface area contributed by atoms with E-state index in [4.69, 9.17) is 4.74 Å². The third-order valence-electron chi connectivity index (χ3n) is 5.22. The van der Waals surface area contributed by atoms with Crippen LogP contribution >= 0.6 is 0 Å². The topological polar surface area (TPSA) is 38.3 Å². The Kier molecular flexibility index (Phi) is 4.87. The van der Waals surface area contributed by atoms with Crippen LogP contribution in [0.4, 0.5) is 10.5 Å². The summed E-state index contributed by atoms with van der Waals surface area (Å²) in [5.74, 6) is 0.491. The van der Waals surface area contributed by atoms with Gasteiger partial charge in [-0.15, -0.1) is 0 Å². The Morgan fingerprint density at radius 3 is 2.77 bits per heavy atom. The minimum absolute atomic E-state index is 0.384. The number of carbonyl (C=O) groups is 1. The number of aryl methyl sites for hydroxylation is 1. The van der Waals surface area contributed by atoms with E-state index in [9.17, 15) is 4.79 Å². The number of rotatable bonds is 4. The number of benzene rings is 3. The van der Waals surface area contributed by atoms with Gasteiger partial charge in [0, 0.05) is 5.39 Å². The molecule has 1 amide bonds. The van der Waals surface area contributed by atoms with Gasteiger partial charge in [0.15, 0.2) is 0 Å². The van der Waals surface area contributed by atoms with E-state index in [0.29, 0.717) is 12.5 Å². The first-order valence-corrected chi connectivity index (χ1v) is 9.30. The van der Waals surface area contributed by atoms with Crippen molar-refractivity contribution in [2.45, 2.75) is 31.6 Å². The van der Waals surface area contributed by atoms with Gasteiger partial charge >= 0.3 is 6.09 Å². The molecule has 1 atom stereocenters. The molecule has 1 N–H and O–H groups in total. The second-order valence-corrected chi connectivity index (χ2v) is 6.86. The summed E-state index contributed by atoms with van der Waals surface area (Å²) in [4.78, 5) is 12.2. The van der Waals surface area contributed by atoms with Crippen molar-refractivity contribution in [3.8, 4) is 0 Å². The average Bonchev–Trinajstić information content (AvgIpc) is 2.68. The van der Waals surface area contributed by atoms with E-state index in [1.54, 1.807) is 0 Å². The van der Waals surface area contributed by atoms with Gasteiger partial charge < -0.3 is 4.74 Å². The molecule has 0 heterocycles. The van der Waals surface area contributed by atoms with Crippen LogP contribution in [0.15, 0.2) is 66.7 Å². The Bertz CT molecular complexity index is 913. The van der Waals surface area contributed by atoms with Crippen molar-refractivity contribution >= 4 is 22.6 Å². The van der Waals surface area contributed by atoms with Gasteiger partial charge in [0.1, 0.15) is 0 Å². The summed E-state index contributed by atoms with van der Waals surface area (Å²) in [6, 6.07) is 22.5. The number of anilines is 1. The number of hydrogen-bond donors (Lipinski definition) is 1. The third kappa shape index (κ3) is 3.57. The Morgan fingerprint density at radius 2 is 1.81 bits per heavy atom. The standard InChI is InChI=1S/C23H23NO2/c25-23(24-22-14-6-11-18-8-2-4-13-21(18)22)26-16-15-19-10-5-9-17-7-1-3-12-20(17)19/h1-4,6-8,11-14,19H,5,9-10,15-16H2,(H,24,25). The molecule has 0 aromatic heterocycles. The summed E-state index contributed by atoms with van der Waals surface area (Å²) in [7, 11) is 0. The predicted molar refractivity (Wildman–Crippen MR) is 106 cm³/mol. The van der Waals surface area contributed by atoms with Crippen molar-refractivity contribution in [3.05, 3.63) is 77.9 Å². The van der Waals surface area contributed by atoms with Crippen molar-refractivity contribution in [1.82, 2.24) is 0 Å². The molecule has 0 bridgehead atoms. The molecule has 0 spiro atoms. The second kappa shape index (κ2) is 7.61. The maximum atomic E-state index is 12.2. The van der Waals surface area contributed by atoms with Crippen LogP contribution in [0.1, 0.15) is 36.3 Å². The molecule has 3 nitrogen and oxygen atoms in total. The highest BCUT2D eigenvalue weighted by atomic mass is 16.5. The Hall–Kier alpha value is -2.81. The lowest BCUT2D eigenvalue weighted by Crippen LogP contribution is -2.17. The van der Waals surface area contributed by atoms with Crippen LogP contribution in [0, 0.1) is 0 Å². The van der Waals surface area contributed by atoms with E-state index in [1.165, 1.54) is 24.0 Å². The molecule has 0 fully saturated rings. The predicted octanol–water partition coefficient (Wildman–Crippen LogP) is 5.90. The molecule has 4 rings (SSSR count). The van der Waals surface area contributed by atoms with Gasteiger partial charge in [-0.25, -0.2) is 4.79 Å². The molecule has 3 aromatic rings. The van der Waals surface area contributed by atoms with Gasteiger partial charge in [-0.3, -0.25) is 5.32 Å². The molecule has 26 heavy (non-hydrogen) atoms. The maximum absolute atomic E-state index is 12.2. The largest absolute Gasteiger partial charge is 0.449 e. The molecule has 0 aliphatic heterocycles. The van der Waals surface area contributed by atoms with E-state index in [-0.39, 0.29) is 6.09 Å². The van der Waals surface area contributed by atoms with Gasteiger partial charge in [0.2, 0.25) is 0 Å². The van der Waals surface area contributed by atoms with Crippen molar-refractivity contribution in [2.75, 3.05) is 11.9 Å². The average molecular weight is 345 g/mol. The van der Waals surface area contributed by atoms with Gasteiger partial charge in [-0.1, -0.05) is 60.7 Å². The molecular weight excluding hydrogens is 322 g/mol. The second-order valence-electron chi connectivity index (χ2n) is 6.86. The fourth-order valence-corrected chi connectivity index (χ4v) is 3.93. The van der Waals surface area contributed by atoms with E-state index in [2.05, 4.69) is 29.6 Å². The molecular formula is C23H23NO2. The number of nitrogens with one attached hydrogen (secondary N) is 1. The molecule has 1 aliphatic carbocycles. The number of hydrogen-bond acceptors (Lipinski definition) is 2. The first-order chi connectivity index (χ1) is 12.8. The van der Waals surface area contributed by atoms with Crippen molar-refractivity contribution in [2.24, 2.45) is 0 Å². The van der Waals surface area contributed by atoms with Crippen molar-refractivity contribution < 1.29 is 9.53 Å². The first kappa shape index (κ1) is 16.6. The highest BCUT2D eigenvalue weighted by molar-refractivity contribution is 6.00. The molecule has 0 saturated carbocycles. The van der Waals surface area contributed by atoms with Gasteiger partial charge in [-0.2, -0.15) is 0 Å². The SMILES string of the molecule is O=C(Nc1cccc2ccccc12)OCCC1CCCc2ccccc21. The molecule has 3 aromatic carbocycles. The van der Waals surface area contributed by atoms with E-state index in [0.717, 1.165) is 29.3 Å². The first-order valence-electron chi connectivity index (χ1n) is 9.30. The quantitative estimate of drug-likeness (QED) is 0.639. The number of ether oxygens (including phenoxy) is 1. The third-order valence-corrected chi connectivity index (χ3v) is 5.22. The maximum Gasteiger partial charge on any atom is 0.411 e. The minimum atomic E-state index is -0.384. The zero-order valence-electron chi connectivity index (χ0n) is 14.8. The Labute approximate surface area is 154 Å². The van der Waals surface area contributed by atoms with Crippen LogP contribution in [0.25, 0.3) is 10.8 Å². The lowest BCUT2D eigenvalue weighted by atomic mass is 9.81. The Balaban J connectivity index is 1.35. The van der Waals surface area contributed by atoms with Crippen LogP contribution in [-0.4, -0.2) is 12.7 Å². The van der Waals surface area contributed by atoms with E-state index < -0.39 is 0 Å². The normalized spacial score (nSPS) is 16.1. The molecule has 1 unspecified atom stereocenters. The Morgan fingerprint density at radius 1 is 1.00 bits per heavy atom. The van der Waals surface area contributed by atoms with Gasteiger partial charge in [-0.05, 0) is 54.2 Å². The molecule has 0 radical (unpaired) electrons. The zero-order valence-corrected chi connectivity index (χ0v) is 14.8. The lowest BCUT2D eigenvalue weighted by Gasteiger charge is -2.25. The molecule has 3 heteroatoms. The highest BCUT2D eigenvalue weighted by Gasteiger charge is 2.20. The summed E-state index contributed by atoms with van der Waals surface area (Å²) >= 11 is 0. The van der Waals surface area contributed by atoms with Crippen LogP contribution in [0.2, 0.25) is 0 Å². The summed E-state index contributed by atoms with van der Waals surface area (Å²) in [6.07, 6.45) is 4.04.